The predicted molar refractivity (Wildman–Crippen MR) is 49.9 cm³/mol. The fourth-order valence-corrected chi connectivity index (χ4v) is 3.08. The van der Waals surface area contributed by atoms with Crippen LogP contribution >= 0.6 is 0 Å². The molecule has 0 N–H and O–H groups in total. The Labute approximate surface area is 87.3 Å². The Hall–Kier alpha value is -0.300. The number of sulfonamides is 1. The van der Waals surface area contributed by atoms with Crippen LogP contribution in [0.5, 0.6) is 0 Å². The summed E-state index contributed by atoms with van der Waals surface area (Å²) in [5.74, 6) is -0.278. The third-order valence-electron chi connectivity index (χ3n) is 2.55. The highest BCUT2D eigenvalue weighted by Crippen LogP contribution is 2.33. The van der Waals surface area contributed by atoms with E-state index in [0.717, 1.165) is 0 Å². The van der Waals surface area contributed by atoms with Crippen LogP contribution in [0.3, 0.4) is 0 Å². The van der Waals surface area contributed by atoms with Crippen LogP contribution in [-0.2, 0) is 10.0 Å². The van der Waals surface area contributed by atoms with Gasteiger partial charge in [-0.1, -0.05) is 6.42 Å². The predicted octanol–water partition coefficient (Wildman–Crippen LogP) is 1.75. The zero-order valence-corrected chi connectivity index (χ0v) is 9.24. The van der Waals surface area contributed by atoms with Gasteiger partial charge in [0.25, 0.3) is 0 Å². The van der Waals surface area contributed by atoms with Gasteiger partial charge in [-0.25, -0.2) is 8.42 Å². The largest absolute Gasteiger partial charge is 0.405 e. The summed E-state index contributed by atoms with van der Waals surface area (Å²) in [6, 6.07) is -1.82. The molecule has 7 heteroatoms. The molecular weight excluding hydrogens is 231 g/mol. The molecule has 1 aliphatic heterocycles. The van der Waals surface area contributed by atoms with Crippen molar-refractivity contribution in [2.24, 2.45) is 0 Å². The fraction of sp³-hybridized carbons (Fsp3) is 1.00. The summed E-state index contributed by atoms with van der Waals surface area (Å²) in [5, 5.41) is 0. The zero-order chi connectivity index (χ0) is 11.7. The number of hydrogen-bond acceptors (Lipinski definition) is 2. The summed E-state index contributed by atoms with van der Waals surface area (Å²) in [7, 11) is -3.74. The van der Waals surface area contributed by atoms with Gasteiger partial charge in [0.2, 0.25) is 10.0 Å². The molecule has 0 radical (unpaired) electrons. The van der Waals surface area contributed by atoms with Crippen molar-refractivity contribution >= 4 is 10.0 Å². The summed E-state index contributed by atoms with van der Waals surface area (Å²) in [5.41, 5.74) is 0. The maximum Gasteiger partial charge on any atom is 0.405 e. The van der Waals surface area contributed by atoms with Crippen LogP contribution in [0.2, 0.25) is 0 Å². The minimum absolute atomic E-state index is 0.0135. The summed E-state index contributed by atoms with van der Waals surface area (Å²) >= 11 is 0. The van der Waals surface area contributed by atoms with Gasteiger partial charge in [0, 0.05) is 6.54 Å². The van der Waals surface area contributed by atoms with Crippen LogP contribution < -0.4 is 0 Å². The Morgan fingerprint density at radius 3 is 2.40 bits per heavy atom. The minimum atomic E-state index is -4.46. The third-order valence-corrected chi connectivity index (χ3v) is 4.43. The normalized spacial score (nSPS) is 25.5. The van der Waals surface area contributed by atoms with E-state index in [1.807, 2.05) is 0 Å². The van der Waals surface area contributed by atoms with Gasteiger partial charge in [-0.15, -0.1) is 0 Å². The first-order valence-electron chi connectivity index (χ1n) is 4.85. The number of rotatable bonds is 2. The molecular formula is C8H14F3NO2S. The molecule has 0 aliphatic carbocycles. The summed E-state index contributed by atoms with van der Waals surface area (Å²) in [4.78, 5) is 0. The first-order valence-corrected chi connectivity index (χ1v) is 6.46. The Morgan fingerprint density at radius 2 is 1.93 bits per heavy atom. The molecule has 0 spiro atoms. The van der Waals surface area contributed by atoms with Crippen molar-refractivity contribution in [2.45, 2.75) is 38.4 Å². The van der Waals surface area contributed by atoms with E-state index >= 15 is 0 Å². The van der Waals surface area contributed by atoms with Gasteiger partial charge in [0.15, 0.2) is 0 Å². The number of nitrogens with zero attached hydrogens (tertiary/aromatic N) is 1. The minimum Gasteiger partial charge on any atom is -0.212 e. The highest BCUT2D eigenvalue weighted by molar-refractivity contribution is 7.89. The van der Waals surface area contributed by atoms with E-state index in [1.165, 1.54) is 6.92 Å². The average molecular weight is 245 g/mol. The topological polar surface area (TPSA) is 37.4 Å². The van der Waals surface area contributed by atoms with E-state index in [0.29, 0.717) is 17.1 Å². The lowest BCUT2D eigenvalue weighted by atomic mass is 10.1. The molecule has 1 unspecified atom stereocenters. The van der Waals surface area contributed by atoms with Crippen molar-refractivity contribution in [3.05, 3.63) is 0 Å². The smallest absolute Gasteiger partial charge is 0.212 e. The second kappa shape index (κ2) is 4.29. The second-order valence-corrected chi connectivity index (χ2v) is 5.77. The average Bonchev–Trinajstić information content (AvgIpc) is 2.16. The number of alkyl halides is 3. The van der Waals surface area contributed by atoms with Crippen LogP contribution in [0.4, 0.5) is 13.2 Å². The van der Waals surface area contributed by atoms with Gasteiger partial charge in [0.05, 0.1) is 5.75 Å². The molecule has 3 nitrogen and oxygen atoms in total. The molecule has 1 fully saturated rings. The number of piperidine rings is 1. The van der Waals surface area contributed by atoms with Gasteiger partial charge in [-0.3, -0.25) is 0 Å². The maximum atomic E-state index is 12.6. The monoisotopic (exact) mass is 245 g/mol. The lowest BCUT2D eigenvalue weighted by Gasteiger charge is -2.35. The van der Waals surface area contributed by atoms with E-state index in [9.17, 15) is 21.6 Å². The SMILES string of the molecule is CCS(=O)(=O)N1CCCCC1C(F)(F)F. The lowest BCUT2D eigenvalue weighted by molar-refractivity contribution is -0.177. The molecule has 0 aromatic rings. The van der Waals surface area contributed by atoms with Crippen LogP contribution in [-0.4, -0.2) is 37.2 Å². The van der Waals surface area contributed by atoms with Crippen LogP contribution in [0.15, 0.2) is 0 Å². The van der Waals surface area contributed by atoms with Gasteiger partial charge >= 0.3 is 6.18 Å². The molecule has 1 heterocycles. The first kappa shape index (κ1) is 12.8. The van der Waals surface area contributed by atoms with Gasteiger partial charge in [-0.05, 0) is 19.8 Å². The lowest BCUT2D eigenvalue weighted by Crippen LogP contribution is -2.51. The molecule has 1 atom stereocenters. The Morgan fingerprint density at radius 1 is 1.33 bits per heavy atom. The Kier molecular flexibility index (Phi) is 3.65. The Bertz CT molecular complexity index is 312. The second-order valence-electron chi connectivity index (χ2n) is 3.56. The van der Waals surface area contributed by atoms with E-state index in [1.54, 1.807) is 0 Å². The number of halogens is 3. The van der Waals surface area contributed by atoms with Crippen molar-refractivity contribution in [3.8, 4) is 0 Å². The van der Waals surface area contributed by atoms with E-state index in [4.69, 9.17) is 0 Å². The van der Waals surface area contributed by atoms with Gasteiger partial charge < -0.3 is 0 Å². The van der Waals surface area contributed by atoms with Crippen molar-refractivity contribution in [1.29, 1.82) is 0 Å². The molecule has 0 aromatic carbocycles. The molecule has 0 aromatic heterocycles. The third kappa shape index (κ3) is 2.84. The summed E-state index contributed by atoms with van der Waals surface area (Å²) < 4.78 is 61.1. The highest BCUT2D eigenvalue weighted by atomic mass is 32.2. The van der Waals surface area contributed by atoms with Crippen molar-refractivity contribution < 1.29 is 21.6 Å². The van der Waals surface area contributed by atoms with Gasteiger partial charge in [0.1, 0.15) is 6.04 Å². The highest BCUT2D eigenvalue weighted by Gasteiger charge is 2.48. The molecule has 15 heavy (non-hydrogen) atoms. The molecule has 0 amide bonds. The summed E-state index contributed by atoms with van der Waals surface area (Å²) in [6.07, 6.45) is -3.64. The molecule has 1 aliphatic rings. The van der Waals surface area contributed by atoms with E-state index < -0.39 is 22.2 Å². The molecule has 0 bridgehead atoms. The van der Waals surface area contributed by atoms with Crippen LogP contribution in [0.25, 0.3) is 0 Å². The quantitative estimate of drug-likeness (QED) is 0.743. The van der Waals surface area contributed by atoms with Crippen molar-refractivity contribution in [3.63, 3.8) is 0 Å². The van der Waals surface area contributed by atoms with Crippen LogP contribution in [0, 0.1) is 0 Å². The van der Waals surface area contributed by atoms with Crippen molar-refractivity contribution in [2.75, 3.05) is 12.3 Å². The molecule has 1 rings (SSSR count). The van der Waals surface area contributed by atoms with Crippen molar-refractivity contribution in [1.82, 2.24) is 4.31 Å². The molecule has 1 saturated heterocycles. The Balaban J connectivity index is 2.94. The van der Waals surface area contributed by atoms with Gasteiger partial charge in [-0.2, -0.15) is 17.5 Å². The number of hydrogen-bond donors (Lipinski definition) is 0. The summed E-state index contributed by atoms with van der Waals surface area (Å²) in [6.45, 7) is 1.34. The fourth-order valence-electron chi connectivity index (χ4n) is 1.73. The standard InChI is InChI=1S/C8H14F3NO2S/c1-2-15(13,14)12-6-4-3-5-7(12)8(9,10)11/h7H,2-6H2,1H3. The zero-order valence-electron chi connectivity index (χ0n) is 8.42. The van der Waals surface area contributed by atoms with Crippen LogP contribution in [0.1, 0.15) is 26.2 Å². The van der Waals surface area contributed by atoms with E-state index in [-0.39, 0.29) is 18.7 Å². The maximum absolute atomic E-state index is 12.6. The first-order chi connectivity index (χ1) is 6.79. The molecule has 0 saturated carbocycles. The van der Waals surface area contributed by atoms with E-state index in [2.05, 4.69) is 0 Å². The molecule has 90 valence electrons.